The molecule has 0 aliphatic rings. The Morgan fingerprint density at radius 1 is 1.40 bits per heavy atom. The van der Waals surface area contributed by atoms with Crippen molar-refractivity contribution in [3.63, 3.8) is 0 Å². The molecule has 0 bridgehead atoms. The number of nitrogens with zero attached hydrogens (tertiary/aromatic N) is 4. The van der Waals surface area contributed by atoms with Crippen molar-refractivity contribution in [2.75, 3.05) is 24.8 Å². The second-order valence-corrected chi connectivity index (χ2v) is 4.33. The Balaban J connectivity index is 2.31. The number of aromatic nitrogens is 4. The maximum atomic E-state index is 5.24. The summed E-state index contributed by atoms with van der Waals surface area (Å²) in [5, 5.41) is 10.6. The van der Waals surface area contributed by atoms with Crippen molar-refractivity contribution in [2.24, 2.45) is 14.1 Å². The Kier molecular flexibility index (Phi) is 3.97. The van der Waals surface area contributed by atoms with Gasteiger partial charge >= 0.3 is 0 Å². The van der Waals surface area contributed by atoms with Crippen molar-refractivity contribution >= 4 is 17.2 Å². The first-order chi connectivity index (χ1) is 9.60. The molecule has 0 aliphatic heterocycles. The van der Waals surface area contributed by atoms with Crippen molar-refractivity contribution in [3.8, 4) is 5.88 Å². The second-order valence-electron chi connectivity index (χ2n) is 4.33. The van der Waals surface area contributed by atoms with E-state index < -0.39 is 0 Å². The van der Waals surface area contributed by atoms with Gasteiger partial charge in [0, 0.05) is 21.1 Å². The van der Waals surface area contributed by atoms with Gasteiger partial charge in [-0.3, -0.25) is 4.68 Å². The molecule has 20 heavy (non-hydrogen) atoms. The van der Waals surface area contributed by atoms with E-state index in [0.717, 1.165) is 23.0 Å². The Hall–Kier alpha value is -2.44. The van der Waals surface area contributed by atoms with E-state index in [-0.39, 0.29) is 0 Å². The molecule has 0 saturated carbocycles. The van der Waals surface area contributed by atoms with Gasteiger partial charge in [0.05, 0.1) is 25.2 Å². The van der Waals surface area contributed by atoms with Crippen LogP contribution in [0.15, 0.2) is 18.5 Å². The highest BCUT2D eigenvalue weighted by atomic mass is 16.5. The zero-order valence-electron chi connectivity index (χ0n) is 12.4. The lowest BCUT2D eigenvalue weighted by molar-refractivity contribution is 0.393. The van der Waals surface area contributed by atoms with Gasteiger partial charge in [0.15, 0.2) is 5.82 Å². The van der Waals surface area contributed by atoms with Crippen LogP contribution in [0.5, 0.6) is 5.88 Å². The van der Waals surface area contributed by atoms with Crippen molar-refractivity contribution in [1.29, 1.82) is 0 Å². The standard InChI is InChI=1S/C13H20N6O/c1-6-9(12-15-7-11(14-2)19(12)4)16-10-8-18(3)17-13(10)20-5/h6-8,14,16H,1-5H3/b9-6+. The molecule has 2 aromatic heterocycles. The SMILES string of the molecule is C/C=C(/Nc1cn(C)nc1OC)c1ncc(NC)n1C. The van der Waals surface area contributed by atoms with Crippen LogP contribution < -0.4 is 15.4 Å². The molecule has 2 heterocycles. The van der Waals surface area contributed by atoms with Crippen molar-refractivity contribution in [2.45, 2.75) is 6.92 Å². The molecule has 0 amide bonds. The third-order valence-corrected chi connectivity index (χ3v) is 3.03. The van der Waals surface area contributed by atoms with Gasteiger partial charge in [0.2, 0.25) is 0 Å². The third-order valence-electron chi connectivity index (χ3n) is 3.03. The number of rotatable bonds is 5. The minimum absolute atomic E-state index is 0.551. The normalized spacial score (nSPS) is 11.6. The Labute approximate surface area is 118 Å². The number of allylic oxidation sites excluding steroid dienone is 1. The zero-order chi connectivity index (χ0) is 14.7. The largest absolute Gasteiger partial charge is 0.478 e. The number of nitrogens with one attached hydrogen (secondary N) is 2. The molecular formula is C13H20N6O. The van der Waals surface area contributed by atoms with E-state index in [0.29, 0.717) is 5.88 Å². The van der Waals surface area contributed by atoms with Gasteiger partial charge in [-0.1, -0.05) is 6.08 Å². The summed E-state index contributed by atoms with van der Waals surface area (Å²) >= 11 is 0. The number of methoxy groups -OCH3 is 1. The van der Waals surface area contributed by atoms with Crippen LogP contribution in [0.1, 0.15) is 12.7 Å². The highest BCUT2D eigenvalue weighted by Crippen LogP contribution is 2.26. The number of hydrogen-bond donors (Lipinski definition) is 2. The summed E-state index contributed by atoms with van der Waals surface area (Å²) in [4.78, 5) is 4.42. The highest BCUT2D eigenvalue weighted by Gasteiger charge is 2.14. The molecule has 0 unspecified atom stereocenters. The maximum absolute atomic E-state index is 5.24. The van der Waals surface area contributed by atoms with E-state index in [1.165, 1.54) is 0 Å². The predicted molar refractivity (Wildman–Crippen MR) is 79.8 cm³/mol. The first-order valence-corrected chi connectivity index (χ1v) is 6.31. The Morgan fingerprint density at radius 2 is 2.15 bits per heavy atom. The van der Waals surface area contributed by atoms with Crippen molar-refractivity contribution in [1.82, 2.24) is 19.3 Å². The van der Waals surface area contributed by atoms with E-state index in [9.17, 15) is 0 Å². The number of aryl methyl sites for hydroxylation is 1. The highest BCUT2D eigenvalue weighted by molar-refractivity contribution is 5.76. The fourth-order valence-electron chi connectivity index (χ4n) is 2.00. The summed E-state index contributed by atoms with van der Waals surface area (Å²) in [6.07, 6.45) is 5.62. The number of hydrogen-bond acceptors (Lipinski definition) is 5. The molecule has 2 N–H and O–H groups in total. The molecule has 0 aliphatic carbocycles. The van der Waals surface area contributed by atoms with Gasteiger partial charge in [-0.15, -0.1) is 5.10 Å². The predicted octanol–water partition coefficient (Wildman–Crippen LogP) is 1.68. The average Bonchev–Trinajstić information content (AvgIpc) is 2.98. The first kappa shape index (κ1) is 14.0. The molecule has 0 atom stereocenters. The van der Waals surface area contributed by atoms with Crippen LogP contribution in [0.4, 0.5) is 11.5 Å². The molecule has 7 nitrogen and oxygen atoms in total. The summed E-state index contributed by atoms with van der Waals surface area (Å²) in [5.74, 6) is 2.33. The molecule has 7 heteroatoms. The fourth-order valence-corrected chi connectivity index (χ4v) is 2.00. The molecule has 0 radical (unpaired) electrons. The van der Waals surface area contributed by atoms with Crippen LogP contribution in [-0.2, 0) is 14.1 Å². The number of ether oxygens (including phenoxy) is 1. The molecule has 2 aromatic rings. The summed E-state index contributed by atoms with van der Waals surface area (Å²) in [6, 6.07) is 0. The van der Waals surface area contributed by atoms with Crippen molar-refractivity contribution in [3.05, 3.63) is 24.3 Å². The van der Waals surface area contributed by atoms with Crippen molar-refractivity contribution < 1.29 is 4.74 Å². The monoisotopic (exact) mass is 276 g/mol. The lowest BCUT2D eigenvalue weighted by Gasteiger charge is -2.11. The summed E-state index contributed by atoms with van der Waals surface area (Å²) in [6.45, 7) is 1.96. The smallest absolute Gasteiger partial charge is 0.256 e. The van der Waals surface area contributed by atoms with Crippen LogP contribution >= 0.6 is 0 Å². The van der Waals surface area contributed by atoms with E-state index in [4.69, 9.17) is 4.74 Å². The second kappa shape index (κ2) is 5.68. The van der Waals surface area contributed by atoms with Crippen LogP contribution in [0.2, 0.25) is 0 Å². The molecular weight excluding hydrogens is 256 g/mol. The number of imidazole rings is 1. The Morgan fingerprint density at radius 3 is 2.70 bits per heavy atom. The van der Waals surface area contributed by atoms with Gasteiger partial charge in [0.1, 0.15) is 11.5 Å². The van der Waals surface area contributed by atoms with E-state index >= 15 is 0 Å². The Bertz CT molecular complexity index is 625. The zero-order valence-corrected chi connectivity index (χ0v) is 12.4. The first-order valence-electron chi connectivity index (χ1n) is 6.31. The molecule has 0 fully saturated rings. The van der Waals surface area contributed by atoms with Crippen LogP contribution in [0.3, 0.4) is 0 Å². The summed E-state index contributed by atoms with van der Waals surface area (Å²) in [7, 11) is 7.28. The molecule has 0 spiro atoms. The van der Waals surface area contributed by atoms with Crippen LogP contribution in [0.25, 0.3) is 5.70 Å². The summed E-state index contributed by atoms with van der Waals surface area (Å²) in [5.41, 5.74) is 1.69. The molecule has 2 rings (SSSR count). The van der Waals surface area contributed by atoms with Gasteiger partial charge < -0.3 is 19.9 Å². The van der Waals surface area contributed by atoms with Gasteiger partial charge in [-0.25, -0.2) is 4.98 Å². The van der Waals surface area contributed by atoms with Gasteiger partial charge in [-0.2, -0.15) is 0 Å². The van der Waals surface area contributed by atoms with Gasteiger partial charge in [0.25, 0.3) is 5.88 Å². The fraction of sp³-hybridized carbons (Fsp3) is 0.385. The maximum Gasteiger partial charge on any atom is 0.256 e. The van der Waals surface area contributed by atoms with E-state index in [1.807, 2.05) is 44.9 Å². The molecule has 108 valence electrons. The minimum Gasteiger partial charge on any atom is -0.478 e. The third kappa shape index (κ3) is 2.47. The van der Waals surface area contributed by atoms with E-state index in [2.05, 4.69) is 20.7 Å². The summed E-state index contributed by atoms with van der Waals surface area (Å²) < 4.78 is 8.92. The van der Waals surface area contributed by atoms with Crippen LogP contribution in [0, 0.1) is 0 Å². The van der Waals surface area contributed by atoms with Gasteiger partial charge in [-0.05, 0) is 6.92 Å². The van der Waals surface area contributed by atoms with Crippen LogP contribution in [-0.4, -0.2) is 33.5 Å². The number of anilines is 2. The molecule has 0 saturated heterocycles. The quantitative estimate of drug-likeness (QED) is 0.869. The minimum atomic E-state index is 0.551. The van der Waals surface area contributed by atoms with E-state index in [1.54, 1.807) is 18.0 Å². The lowest BCUT2D eigenvalue weighted by Crippen LogP contribution is -2.07. The lowest BCUT2D eigenvalue weighted by atomic mass is 10.3. The average molecular weight is 276 g/mol. The molecule has 0 aromatic carbocycles. The topological polar surface area (TPSA) is 68.9 Å².